The largest absolute Gasteiger partial charge is 0.389 e. The molecule has 2 aromatic rings. The second kappa shape index (κ2) is 8.98. The Balaban J connectivity index is 1.52. The molecule has 4 nitrogen and oxygen atoms in total. The molecule has 170 valence electrons. The van der Waals surface area contributed by atoms with Crippen LogP contribution >= 0.6 is 15.9 Å². The van der Waals surface area contributed by atoms with Crippen molar-refractivity contribution in [1.29, 1.82) is 0 Å². The Morgan fingerprint density at radius 1 is 1.03 bits per heavy atom. The predicted octanol–water partition coefficient (Wildman–Crippen LogP) is 5.24. The Morgan fingerprint density at radius 3 is 2.38 bits per heavy atom. The summed E-state index contributed by atoms with van der Waals surface area (Å²) in [5.74, 6) is -0.765. The topological polar surface area (TPSA) is 40.6 Å². The lowest BCUT2D eigenvalue weighted by Crippen LogP contribution is -2.49. The smallest absolute Gasteiger partial charge is 0.304 e. The summed E-state index contributed by atoms with van der Waals surface area (Å²) in [6.45, 7) is 1.91. The number of Topliss-reactive ketones (excluding diaryl/α,β-unsaturated/α-hetero) is 1. The molecular formula is C24H24BrF3N2O2. The summed E-state index contributed by atoms with van der Waals surface area (Å²) in [6.07, 6.45) is -4.98. The molecule has 8 heteroatoms. The summed E-state index contributed by atoms with van der Waals surface area (Å²) in [5.41, 5.74) is 1.93. The first-order chi connectivity index (χ1) is 15.2. The molecule has 1 spiro atoms. The van der Waals surface area contributed by atoms with E-state index in [0.29, 0.717) is 18.5 Å². The number of carbonyl (C=O) groups excluding carboxylic acids is 2. The lowest BCUT2D eigenvalue weighted by atomic mass is 9.73. The molecular weight excluding hydrogens is 485 g/mol. The molecule has 2 aliphatic heterocycles. The fourth-order valence-electron chi connectivity index (χ4n) is 4.78. The van der Waals surface area contributed by atoms with Gasteiger partial charge < -0.3 is 4.90 Å². The molecule has 2 aromatic carbocycles. The van der Waals surface area contributed by atoms with E-state index >= 15 is 0 Å². The highest BCUT2D eigenvalue weighted by Crippen LogP contribution is 2.51. The number of anilines is 1. The Labute approximate surface area is 193 Å². The standard InChI is InChI=1S/C24H24BrF3N2O2/c25-19-7-4-8-20-21(19)23(22(32)30(20)16-18(31)9-10-24(26,27)28)11-13-29(14-12-23)15-17-5-2-1-3-6-17/h1-8H,9-16H2. The highest BCUT2D eigenvalue weighted by atomic mass is 79.9. The summed E-state index contributed by atoms with van der Waals surface area (Å²) in [4.78, 5) is 29.6. The quantitative estimate of drug-likeness (QED) is 0.535. The number of ketones is 1. The molecule has 1 fully saturated rings. The fourth-order valence-corrected chi connectivity index (χ4v) is 5.51. The maximum Gasteiger partial charge on any atom is 0.389 e. The number of fused-ring (bicyclic) bond motifs is 2. The maximum absolute atomic E-state index is 13.6. The molecule has 2 aliphatic rings. The minimum atomic E-state index is -4.39. The van der Waals surface area contributed by atoms with Crippen molar-refractivity contribution in [2.45, 2.75) is 43.8 Å². The molecule has 0 bridgehead atoms. The van der Waals surface area contributed by atoms with Crippen LogP contribution in [0.4, 0.5) is 18.9 Å². The summed E-state index contributed by atoms with van der Waals surface area (Å²) in [5, 5.41) is 0. The average Bonchev–Trinajstić information content (AvgIpc) is 2.98. The van der Waals surface area contributed by atoms with Gasteiger partial charge in [0.25, 0.3) is 0 Å². The number of amides is 1. The minimum absolute atomic E-state index is 0.181. The second-order valence-electron chi connectivity index (χ2n) is 8.52. The third kappa shape index (κ3) is 4.62. The van der Waals surface area contributed by atoms with E-state index in [9.17, 15) is 22.8 Å². The molecule has 0 saturated carbocycles. The second-order valence-corrected chi connectivity index (χ2v) is 9.38. The Kier molecular flexibility index (Phi) is 6.45. The number of likely N-dealkylation sites (tertiary alicyclic amines) is 1. The number of carbonyl (C=O) groups is 2. The zero-order valence-electron chi connectivity index (χ0n) is 17.5. The molecule has 0 N–H and O–H groups in total. The zero-order valence-corrected chi connectivity index (χ0v) is 19.1. The summed E-state index contributed by atoms with van der Waals surface area (Å²) in [6, 6.07) is 15.6. The molecule has 32 heavy (non-hydrogen) atoms. The average molecular weight is 509 g/mol. The normalized spacial score (nSPS) is 18.2. The number of halogens is 4. The van der Waals surface area contributed by atoms with Crippen LogP contribution in [0.2, 0.25) is 0 Å². The highest BCUT2D eigenvalue weighted by molar-refractivity contribution is 9.10. The molecule has 1 saturated heterocycles. The minimum Gasteiger partial charge on any atom is -0.304 e. The van der Waals surface area contributed by atoms with Crippen LogP contribution in [-0.4, -0.2) is 42.4 Å². The monoisotopic (exact) mass is 508 g/mol. The van der Waals surface area contributed by atoms with E-state index in [4.69, 9.17) is 0 Å². The van der Waals surface area contributed by atoms with Gasteiger partial charge in [-0.25, -0.2) is 0 Å². The molecule has 0 unspecified atom stereocenters. The van der Waals surface area contributed by atoms with Crippen LogP contribution in [0, 0.1) is 0 Å². The van der Waals surface area contributed by atoms with Crippen LogP contribution in [0.5, 0.6) is 0 Å². The molecule has 0 aliphatic carbocycles. The molecule has 1 amide bonds. The number of rotatable bonds is 6. The van der Waals surface area contributed by atoms with Gasteiger partial charge in [0.15, 0.2) is 5.78 Å². The summed E-state index contributed by atoms with van der Waals surface area (Å²) in [7, 11) is 0. The van der Waals surface area contributed by atoms with Gasteiger partial charge in [-0.2, -0.15) is 13.2 Å². The number of benzene rings is 2. The van der Waals surface area contributed by atoms with E-state index in [1.54, 1.807) is 12.1 Å². The van der Waals surface area contributed by atoms with E-state index in [0.717, 1.165) is 29.7 Å². The van der Waals surface area contributed by atoms with E-state index in [1.807, 2.05) is 24.3 Å². The Bertz CT molecular complexity index is 1000. The van der Waals surface area contributed by atoms with Crippen molar-refractivity contribution < 1.29 is 22.8 Å². The Hall–Kier alpha value is -2.19. The van der Waals surface area contributed by atoms with Gasteiger partial charge in [-0.15, -0.1) is 0 Å². The number of hydrogen-bond donors (Lipinski definition) is 0. The first-order valence-electron chi connectivity index (χ1n) is 10.7. The van der Waals surface area contributed by atoms with Crippen LogP contribution in [0.25, 0.3) is 0 Å². The van der Waals surface area contributed by atoms with Crippen molar-refractivity contribution >= 4 is 33.3 Å². The molecule has 2 heterocycles. The van der Waals surface area contributed by atoms with Gasteiger partial charge >= 0.3 is 6.18 Å². The number of piperidine rings is 1. The maximum atomic E-state index is 13.6. The molecule has 0 aromatic heterocycles. The third-order valence-corrected chi connectivity index (χ3v) is 7.06. The lowest BCUT2D eigenvalue weighted by molar-refractivity contribution is -0.142. The molecule has 4 rings (SSSR count). The number of hydrogen-bond acceptors (Lipinski definition) is 3. The number of nitrogens with zero attached hydrogens (tertiary/aromatic N) is 2. The number of alkyl halides is 3. The first-order valence-corrected chi connectivity index (χ1v) is 11.4. The Morgan fingerprint density at radius 2 is 1.72 bits per heavy atom. The van der Waals surface area contributed by atoms with Crippen LogP contribution in [0.3, 0.4) is 0 Å². The van der Waals surface area contributed by atoms with Crippen molar-refractivity contribution in [2.24, 2.45) is 0 Å². The van der Waals surface area contributed by atoms with Gasteiger partial charge in [0.1, 0.15) is 0 Å². The van der Waals surface area contributed by atoms with Gasteiger partial charge in [-0.1, -0.05) is 52.3 Å². The highest BCUT2D eigenvalue weighted by Gasteiger charge is 2.53. The van der Waals surface area contributed by atoms with E-state index < -0.39 is 30.2 Å². The van der Waals surface area contributed by atoms with E-state index in [-0.39, 0.29) is 12.5 Å². The van der Waals surface area contributed by atoms with Gasteiger partial charge in [-0.3, -0.25) is 14.5 Å². The summed E-state index contributed by atoms with van der Waals surface area (Å²) < 4.78 is 38.4. The van der Waals surface area contributed by atoms with Gasteiger partial charge in [0, 0.05) is 28.7 Å². The zero-order chi connectivity index (χ0) is 22.9. The van der Waals surface area contributed by atoms with Crippen LogP contribution < -0.4 is 4.90 Å². The van der Waals surface area contributed by atoms with Gasteiger partial charge in [-0.05, 0) is 43.6 Å². The van der Waals surface area contributed by atoms with Crippen LogP contribution in [-0.2, 0) is 21.5 Å². The molecule has 0 radical (unpaired) electrons. The first kappa shape index (κ1) is 23.0. The summed E-state index contributed by atoms with van der Waals surface area (Å²) >= 11 is 3.58. The van der Waals surface area contributed by atoms with Crippen molar-refractivity contribution in [3.63, 3.8) is 0 Å². The lowest BCUT2D eigenvalue weighted by Gasteiger charge is -2.38. The van der Waals surface area contributed by atoms with Crippen molar-refractivity contribution in [2.75, 3.05) is 24.5 Å². The molecule has 0 atom stereocenters. The van der Waals surface area contributed by atoms with E-state index in [2.05, 4.69) is 33.0 Å². The SMILES string of the molecule is O=C(CCC(F)(F)F)CN1C(=O)C2(CCN(Cc3ccccc3)CC2)c2c(Br)cccc21. The van der Waals surface area contributed by atoms with Crippen molar-refractivity contribution in [3.05, 3.63) is 64.1 Å². The van der Waals surface area contributed by atoms with Gasteiger partial charge in [0.05, 0.1) is 18.4 Å². The van der Waals surface area contributed by atoms with Gasteiger partial charge in [0.2, 0.25) is 5.91 Å². The predicted molar refractivity (Wildman–Crippen MR) is 119 cm³/mol. The fraction of sp³-hybridized carbons (Fsp3) is 0.417. The van der Waals surface area contributed by atoms with Crippen molar-refractivity contribution in [1.82, 2.24) is 4.90 Å². The van der Waals surface area contributed by atoms with Crippen molar-refractivity contribution in [3.8, 4) is 0 Å². The third-order valence-electron chi connectivity index (χ3n) is 6.40. The van der Waals surface area contributed by atoms with E-state index in [1.165, 1.54) is 10.5 Å². The van der Waals surface area contributed by atoms with Crippen LogP contribution in [0.1, 0.15) is 36.8 Å². The van der Waals surface area contributed by atoms with Crippen LogP contribution in [0.15, 0.2) is 53.0 Å².